The molecule has 1 aromatic heterocycles. The molecule has 20 heavy (non-hydrogen) atoms. The Morgan fingerprint density at radius 3 is 2.75 bits per heavy atom. The molecule has 1 aromatic carbocycles. The maximum absolute atomic E-state index is 12.6. The molecule has 0 aliphatic heterocycles. The van der Waals surface area contributed by atoms with Gasteiger partial charge < -0.3 is 15.4 Å². The van der Waals surface area contributed by atoms with Gasteiger partial charge in [0, 0.05) is 6.42 Å². The summed E-state index contributed by atoms with van der Waals surface area (Å²) in [7, 11) is 0. The minimum Gasteiger partial charge on any atom is -0.394 e. The Morgan fingerprint density at radius 1 is 1.35 bits per heavy atom. The van der Waals surface area contributed by atoms with E-state index in [1.54, 1.807) is 0 Å². The molecular weight excluding hydrogens is 275 g/mol. The van der Waals surface area contributed by atoms with Gasteiger partial charge in [0.1, 0.15) is 6.04 Å². The summed E-state index contributed by atoms with van der Waals surface area (Å²) >= 11 is 0. The highest BCUT2D eigenvalue weighted by Gasteiger charge is 2.30. The number of aliphatic hydroxyl groups is 1. The zero-order valence-electron chi connectivity index (χ0n) is 10.3. The van der Waals surface area contributed by atoms with Crippen molar-refractivity contribution >= 4 is 0 Å². The normalized spacial score (nSPS) is 13.4. The summed E-state index contributed by atoms with van der Waals surface area (Å²) in [6.07, 6.45) is -4.30. The molecular formula is C12H12F3N3O2. The first-order chi connectivity index (χ1) is 9.40. The molecule has 0 amide bonds. The average Bonchev–Trinajstić information content (AvgIpc) is 2.85. The fourth-order valence-corrected chi connectivity index (χ4v) is 1.61. The monoisotopic (exact) mass is 287 g/mol. The number of aliphatic hydroxyl groups excluding tert-OH is 1. The van der Waals surface area contributed by atoms with Crippen LogP contribution >= 0.6 is 0 Å². The Bertz CT molecular complexity index is 583. The van der Waals surface area contributed by atoms with E-state index in [-0.39, 0.29) is 24.7 Å². The highest BCUT2D eigenvalue weighted by atomic mass is 19.4. The molecule has 2 rings (SSSR count). The molecule has 3 N–H and O–H groups in total. The van der Waals surface area contributed by atoms with Crippen LogP contribution in [0.15, 0.2) is 28.8 Å². The van der Waals surface area contributed by atoms with Crippen LogP contribution in [0, 0.1) is 0 Å². The zero-order chi connectivity index (χ0) is 14.8. The van der Waals surface area contributed by atoms with Crippen molar-refractivity contribution in [3.63, 3.8) is 0 Å². The fraction of sp³-hybridized carbons (Fsp3) is 0.333. The number of alkyl halides is 3. The van der Waals surface area contributed by atoms with Crippen LogP contribution in [-0.4, -0.2) is 21.9 Å². The number of nitrogens with zero attached hydrogens (tertiary/aromatic N) is 2. The van der Waals surface area contributed by atoms with Crippen LogP contribution in [0.1, 0.15) is 28.9 Å². The molecule has 0 unspecified atom stereocenters. The summed E-state index contributed by atoms with van der Waals surface area (Å²) in [5.74, 6) is 0.262. The molecule has 0 saturated heterocycles. The van der Waals surface area contributed by atoms with E-state index in [1.807, 2.05) is 0 Å². The Kier molecular flexibility index (Phi) is 4.05. The highest BCUT2D eigenvalue weighted by molar-refractivity contribution is 5.27. The second-order valence-corrected chi connectivity index (χ2v) is 4.21. The lowest BCUT2D eigenvalue weighted by molar-refractivity contribution is -0.137. The van der Waals surface area contributed by atoms with Gasteiger partial charge in [-0.1, -0.05) is 23.4 Å². The molecule has 0 spiro atoms. The van der Waals surface area contributed by atoms with Crippen molar-refractivity contribution in [3.05, 3.63) is 47.1 Å². The maximum Gasteiger partial charge on any atom is 0.416 e. The number of rotatable bonds is 4. The van der Waals surface area contributed by atoms with Crippen LogP contribution in [0.25, 0.3) is 0 Å². The molecule has 1 heterocycles. The topological polar surface area (TPSA) is 85.2 Å². The Morgan fingerprint density at radius 2 is 2.10 bits per heavy atom. The summed E-state index contributed by atoms with van der Waals surface area (Å²) in [5.41, 5.74) is 5.16. The number of nitrogens with two attached hydrogens (primary N) is 1. The second-order valence-electron chi connectivity index (χ2n) is 4.21. The van der Waals surface area contributed by atoms with Gasteiger partial charge in [0.05, 0.1) is 12.2 Å². The molecule has 1 atom stereocenters. The minimum atomic E-state index is -4.39. The van der Waals surface area contributed by atoms with E-state index in [4.69, 9.17) is 15.4 Å². The highest BCUT2D eigenvalue weighted by Crippen LogP contribution is 2.29. The number of aromatic nitrogens is 2. The Labute approximate surface area is 112 Å². The summed E-state index contributed by atoms with van der Waals surface area (Å²) in [5, 5.41) is 12.4. The van der Waals surface area contributed by atoms with Crippen LogP contribution in [0.4, 0.5) is 13.2 Å². The maximum atomic E-state index is 12.6. The number of hydrogen-bond donors (Lipinski definition) is 2. The van der Waals surface area contributed by atoms with Gasteiger partial charge in [-0.2, -0.15) is 18.2 Å². The van der Waals surface area contributed by atoms with Crippen molar-refractivity contribution in [2.75, 3.05) is 6.61 Å². The van der Waals surface area contributed by atoms with Crippen LogP contribution < -0.4 is 5.73 Å². The molecule has 108 valence electrons. The fourth-order valence-electron chi connectivity index (χ4n) is 1.61. The van der Waals surface area contributed by atoms with Crippen molar-refractivity contribution in [1.82, 2.24) is 10.1 Å². The van der Waals surface area contributed by atoms with Gasteiger partial charge in [0.15, 0.2) is 5.82 Å². The Hall–Kier alpha value is -1.93. The molecule has 0 saturated carbocycles. The quantitative estimate of drug-likeness (QED) is 0.893. The van der Waals surface area contributed by atoms with Gasteiger partial charge in [0.2, 0.25) is 5.89 Å². The Balaban J connectivity index is 2.16. The van der Waals surface area contributed by atoms with Crippen LogP contribution in [0.5, 0.6) is 0 Å². The van der Waals surface area contributed by atoms with E-state index in [0.29, 0.717) is 5.56 Å². The number of hydrogen-bond acceptors (Lipinski definition) is 5. The lowest BCUT2D eigenvalue weighted by Gasteiger charge is -2.07. The van der Waals surface area contributed by atoms with Gasteiger partial charge in [0.25, 0.3) is 0 Å². The SMILES string of the molecule is N[C@H](CO)c1nc(Cc2cccc(C(F)(F)F)c2)no1. The molecule has 0 bridgehead atoms. The van der Waals surface area contributed by atoms with Crippen molar-refractivity contribution in [2.24, 2.45) is 5.73 Å². The summed E-state index contributed by atoms with van der Waals surface area (Å²) < 4.78 is 42.5. The van der Waals surface area contributed by atoms with Crippen molar-refractivity contribution in [2.45, 2.75) is 18.6 Å². The largest absolute Gasteiger partial charge is 0.416 e. The van der Waals surface area contributed by atoms with E-state index < -0.39 is 17.8 Å². The van der Waals surface area contributed by atoms with Gasteiger partial charge >= 0.3 is 6.18 Å². The minimum absolute atomic E-state index is 0.0504. The molecule has 0 fully saturated rings. The number of halogens is 3. The number of benzene rings is 1. The van der Waals surface area contributed by atoms with Gasteiger partial charge in [-0.05, 0) is 11.6 Å². The third kappa shape index (κ3) is 3.34. The lowest BCUT2D eigenvalue weighted by Crippen LogP contribution is -2.14. The smallest absolute Gasteiger partial charge is 0.394 e. The summed E-state index contributed by atoms with van der Waals surface area (Å²) in [4.78, 5) is 3.92. The van der Waals surface area contributed by atoms with Gasteiger partial charge in [-0.25, -0.2) is 0 Å². The van der Waals surface area contributed by atoms with Crippen LogP contribution in [0.2, 0.25) is 0 Å². The first kappa shape index (κ1) is 14.5. The molecule has 0 radical (unpaired) electrons. The molecule has 5 nitrogen and oxygen atoms in total. The molecule has 8 heteroatoms. The second kappa shape index (κ2) is 5.59. The van der Waals surface area contributed by atoms with Crippen molar-refractivity contribution in [1.29, 1.82) is 0 Å². The molecule has 2 aromatic rings. The van der Waals surface area contributed by atoms with Gasteiger partial charge in [-0.3, -0.25) is 0 Å². The zero-order valence-corrected chi connectivity index (χ0v) is 10.3. The van der Waals surface area contributed by atoms with E-state index in [2.05, 4.69) is 10.1 Å². The van der Waals surface area contributed by atoms with Crippen molar-refractivity contribution < 1.29 is 22.8 Å². The lowest BCUT2D eigenvalue weighted by atomic mass is 10.1. The average molecular weight is 287 g/mol. The van der Waals surface area contributed by atoms with E-state index >= 15 is 0 Å². The van der Waals surface area contributed by atoms with E-state index in [9.17, 15) is 13.2 Å². The van der Waals surface area contributed by atoms with Crippen LogP contribution in [0.3, 0.4) is 0 Å². The predicted octanol–water partition coefficient (Wildman–Crippen LogP) is 1.67. The first-order valence-electron chi connectivity index (χ1n) is 5.75. The van der Waals surface area contributed by atoms with E-state index in [0.717, 1.165) is 12.1 Å². The van der Waals surface area contributed by atoms with E-state index in [1.165, 1.54) is 12.1 Å². The summed E-state index contributed by atoms with van der Waals surface area (Å²) in [6, 6.07) is 4.09. The van der Waals surface area contributed by atoms with Crippen molar-refractivity contribution in [3.8, 4) is 0 Å². The molecule has 0 aliphatic carbocycles. The third-order valence-corrected chi connectivity index (χ3v) is 2.61. The molecule has 0 aliphatic rings. The van der Waals surface area contributed by atoms with Crippen LogP contribution in [-0.2, 0) is 12.6 Å². The summed E-state index contributed by atoms with van der Waals surface area (Å²) in [6.45, 7) is -0.356. The standard InChI is InChI=1S/C12H12F3N3O2/c13-12(14,15)8-3-1-2-7(4-8)5-10-17-11(20-18-10)9(16)6-19/h1-4,9,19H,5-6,16H2/t9-/m1/s1. The van der Waals surface area contributed by atoms with Gasteiger partial charge in [-0.15, -0.1) is 0 Å². The predicted molar refractivity (Wildman–Crippen MR) is 62.6 cm³/mol. The first-order valence-corrected chi connectivity index (χ1v) is 5.75. The third-order valence-electron chi connectivity index (χ3n) is 2.61.